The number of carbonyl (C=O) groups excluding carboxylic acids is 2. The van der Waals surface area contributed by atoms with Crippen LogP contribution in [-0.4, -0.2) is 48.7 Å². The molecular weight excluding hydrogens is 186 g/mol. The van der Waals surface area contributed by atoms with Gasteiger partial charge in [-0.05, 0) is 6.42 Å². The molecule has 0 aromatic carbocycles. The molecule has 1 unspecified atom stereocenters. The third kappa shape index (κ3) is 2.45. The second kappa shape index (κ2) is 4.95. The molecule has 0 aromatic heterocycles. The fourth-order valence-electron chi connectivity index (χ4n) is 1.61. The number of hydrogen-bond donors (Lipinski definition) is 1. The van der Waals surface area contributed by atoms with Gasteiger partial charge in [0.05, 0.1) is 19.6 Å². The Morgan fingerprint density at radius 1 is 1.71 bits per heavy atom. The van der Waals surface area contributed by atoms with Crippen LogP contribution in [0.1, 0.15) is 12.8 Å². The smallest absolute Gasteiger partial charge is 0.310 e. The van der Waals surface area contributed by atoms with Crippen LogP contribution in [0.5, 0.6) is 0 Å². The van der Waals surface area contributed by atoms with E-state index in [4.69, 9.17) is 5.11 Å². The third-order valence-corrected chi connectivity index (χ3v) is 2.40. The lowest BCUT2D eigenvalue weighted by Gasteiger charge is -2.30. The van der Waals surface area contributed by atoms with Gasteiger partial charge in [0.2, 0.25) is 5.91 Å². The molecule has 14 heavy (non-hydrogen) atoms. The van der Waals surface area contributed by atoms with E-state index in [0.717, 1.165) is 0 Å². The molecule has 1 amide bonds. The summed E-state index contributed by atoms with van der Waals surface area (Å²) < 4.78 is 4.61. The number of esters is 1. The Balaban J connectivity index is 2.52. The highest BCUT2D eigenvalue weighted by molar-refractivity contribution is 5.81. The van der Waals surface area contributed by atoms with Gasteiger partial charge in [-0.15, -0.1) is 0 Å². The third-order valence-electron chi connectivity index (χ3n) is 2.40. The second-order valence-electron chi connectivity index (χ2n) is 3.32. The first-order chi connectivity index (χ1) is 6.69. The van der Waals surface area contributed by atoms with E-state index in [1.54, 1.807) is 0 Å². The van der Waals surface area contributed by atoms with E-state index >= 15 is 0 Å². The molecule has 1 N–H and O–H groups in total. The van der Waals surface area contributed by atoms with Gasteiger partial charge in [0, 0.05) is 19.5 Å². The Bertz CT molecular complexity index is 221. The summed E-state index contributed by atoms with van der Waals surface area (Å²) in [6.45, 7) is 0.595. The zero-order valence-corrected chi connectivity index (χ0v) is 8.23. The van der Waals surface area contributed by atoms with Gasteiger partial charge >= 0.3 is 5.97 Å². The molecule has 1 aliphatic heterocycles. The molecule has 0 bridgehead atoms. The largest absolute Gasteiger partial charge is 0.469 e. The molecule has 0 spiro atoms. The summed E-state index contributed by atoms with van der Waals surface area (Å²) in [5.41, 5.74) is 0. The van der Waals surface area contributed by atoms with Crippen molar-refractivity contribution in [3.8, 4) is 0 Å². The number of likely N-dealkylation sites (tertiary alicyclic amines) is 1. The van der Waals surface area contributed by atoms with Crippen LogP contribution in [0.4, 0.5) is 0 Å². The first-order valence-electron chi connectivity index (χ1n) is 4.65. The molecule has 80 valence electrons. The molecule has 0 aromatic rings. The van der Waals surface area contributed by atoms with Crippen molar-refractivity contribution in [1.82, 2.24) is 4.90 Å². The zero-order chi connectivity index (χ0) is 10.6. The quantitative estimate of drug-likeness (QED) is 0.618. The van der Waals surface area contributed by atoms with E-state index in [2.05, 4.69) is 4.74 Å². The predicted molar refractivity (Wildman–Crippen MR) is 48.4 cm³/mol. The lowest BCUT2D eigenvalue weighted by Crippen LogP contribution is -2.44. The van der Waals surface area contributed by atoms with Gasteiger partial charge in [0.15, 0.2) is 0 Å². The number of rotatable bonds is 3. The van der Waals surface area contributed by atoms with Crippen LogP contribution in [0.15, 0.2) is 0 Å². The summed E-state index contributed by atoms with van der Waals surface area (Å²) in [5, 5.41) is 8.71. The van der Waals surface area contributed by atoms with Gasteiger partial charge in [0.25, 0.3) is 0 Å². The lowest BCUT2D eigenvalue weighted by atomic mass is 9.98. The van der Waals surface area contributed by atoms with Gasteiger partial charge < -0.3 is 14.7 Å². The highest BCUT2D eigenvalue weighted by atomic mass is 16.5. The van der Waals surface area contributed by atoms with Crippen LogP contribution >= 0.6 is 0 Å². The van der Waals surface area contributed by atoms with Crippen LogP contribution < -0.4 is 0 Å². The summed E-state index contributed by atoms with van der Waals surface area (Å²) in [6, 6.07) is 0. The maximum Gasteiger partial charge on any atom is 0.310 e. The van der Waals surface area contributed by atoms with Crippen molar-refractivity contribution in [2.75, 3.05) is 26.8 Å². The Morgan fingerprint density at radius 3 is 3.00 bits per heavy atom. The second-order valence-corrected chi connectivity index (χ2v) is 3.32. The molecule has 0 saturated carbocycles. The number of methoxy groups -OCH3 is 1. The minimum atomic E-state index is -0.277. The summed E-state index contributed by atoms with van der Waals surface area (Å²) in [6.07, 6.45) is 0.910. The van der Waals surface area contributed by atoms with Crippen LogP contribution in [0, 0.1) is 5.92 Å². The van der Waals surface area contributed by atoms with E-state index < -0.39 is 0 Å². The number of piperidine rings is 1. The maximum absolute atomic E-state index is 11.3. The van der Waals surface area contributed by atoms with Crippen molar-refractivity contribution in [3.05, 3.63) is 0 Å². The minimum absolute atomic E-state index is 0.000738. The normalized spacial score (nSPS) is 22.3. The predicted octanol–water partition coefficient (Wildman–Crippen LogP) is -0.610. The molecule has 0 radical (unpaired) electrons. The number of hydrogen-bond acceptors (Lipinski definition) is 4. The number of carbonyl (C=O) groups is 2. The van der Waals surface area contributed by atoms with E-state index in [9.17, 15) is 9.59 Å². The lowest BCUT2D eigenvalue weighted by molar-refractivity contribution is -0.150. The number of nitrogens with zero attached hydrogens (tertiary/aromatic N) is 1. The summed E-state index contributed by atoms with van der Waals surface area (Å²) in [7, 11) is 1.34. The Hall–Kier alpha value is -1.10. The fourth-order valence-corrected chi connectivity index (χ4v) is 1.61. The Morgan fingerprint density at radius 2 is 2.43 bits per heavy atom. The average molecular weight is 201 g/mol. The number of β-amino-alcohol motifs (C(OH)–C–C–N with tert-alkyl or cyclic N) is 1. The molecule has 1 fully saturated rings. The summed E-state index contributed by atoms with van der Waals surface area (Å²) in [4.78, 5) is 24.0. The van der Waals surface area contributed by atoms with Gasteiger partial charge in [0.1, 0.15) is 0 Å². The molecule has 1 heterocycles. The maximum atomic E-state index is 11.3. The molecule has 1 aliphatic rings. The van der Waals surface area contributed by atoms with Gasteiger partial charge in [-0.2, -0.15) is 0 Å². The van der Waals surface area contributed by atoms with Crippen molar-refractivity contribution in [3.63, 3.8) is 0 Å². The first-order valence-corrected chi connectivity index (χ1v) is 4.65. The first kappa shape index (κ1) is 11.0. The monoisotopic (exact) mass is 201 g/mol. The zero-order valence-electron chi connectivity index (χ0n) is 8.23. The van der Waals surface area contributed by atoms with Crippen LogP contribution in [-0.2, 0) is 14.3 Å². The van der Waals surface area contributed by atoms with Gasteiger partial charge in [-0.1, -0.05) is 0 Å². The highest BCUT2D eigenvalue weighted by Crippen LogP contribution is 2.18. The van der Waals surface area contributed by atoms with E-state index in [1.165, 1.54) is 12.0 Å². The van der Waals surface area contributed by atoms with E-state index in [1.807, 2.05) is 0 Å². The van der Waals surface area contributed by atoms with Crippen LogP contribution in [0.25, 0.3) is 0 Å². The van der Waals surface area contributed by atoms with Crippen molar-refractivity contribution in [2.24, 2.45) is 5.92 Å². The molecule has 0 aliphatic carbocycles. The molecule has 1 saturated heterocycles. The fraction of sp³-hybridized carbons (Fsp3) is 0.778. The van der Waals surface area contributed by atoms with Crippen molar-refractivity contribution in [1.29, 1.82) is 0 Å². The molecule has 5 heteroatoms. The minimum Gasteiger partial charge on any atom is -0.469 e. The van der Waals surface area contributed by atoms with Crippen molar-refractivity contribution in [2.45, 2.75) is 12.8 Å². The molecule has 1 rings (SSSR count). The number of amides is 1. The van der Waals surface area contributed by atoms with Crippen LogP contribution in [0.2, 0.25) is 0 Å². The highest BCUT2D eigenvalue weighted by Gasteiger charge is 2.30. The standard InChI is InChI=1S/C9H15NO4/c1-14-9(13)7-2-3-8(12)10(6-7)4-5-11/h7,11H,2-6H2,1H3. The molecular formula is C9H15NO4. The van der Waals surface area contributed by atoms with Gasteiger partial charge in [-0.25, -0.2) is 0 Å². The Kier molecular flexibility index (Phi) is 3.88. The average Bonchev–Trinajstić information content (AvgIpc) is 2.20. The topological polar surface area (TPSA) is 66.8 Å². The number of aliphatic hydroxyl groups is 1. The Labute approximate surface area is 82.6 Å². The van der Waals surface area contributed by atoms with Crippen molar-refractivity contribution < 1.29 is 19.4 Å². The van der Waals surface area contributed by atoms with Crippen LogP contribution in [0.3, 0.4) is 0 Å². The van der Waals surface area contributed by atoms with Crippen molar-refractivity contribution >= 4 is 11.9 Å². The summed E-state index contributed by atoms with van der Waals surface area (Å²) in [5.74, 6) is -0.510. The number of aliphatic hydroxyl groups excluding tert-OH is 1. The van der Waals surface area contributed by atoms with Gasteiger partial charge in [-0.3, -0.25) is 9.59 Å². The van der Waals surface area contributed by atoms with E-state index in [0.29, 0.717) is 25.9 Å². The summed E-state index contributed by atoms with van der Waals surface area (Å²) >= 11 is 0. The number of ether oxygens (including phenoxy) is 1. The van der Waals surface area contributed by atoms with E-state index in [-0.39, 0.29) is 24.4 Å². The molecule has 5 nitrogen and oxygen atoms in total. The molecule has 1 atom stereocenters. The SMILES string of the molecule is COC(=O)C1CCC(=O)N(CCO)C1.